The highest BCUT2D eigenvalue weighted by Crippen LogP contribution is 2.15. The van der Waals surface area contributed by atoms with Gasteiger partial charge < -0.3 is 14.2 Å². The molecule has 0 bridgehead atoms. The fourth-order valence-electron chi connectivity index (χ4n) is 8.44. The van der Waals surface area contributed by atoms with Crippen LogP contribution in [0.1, 0.15) is 303 Å². The molecular weight excluding hydrogens is 853 g/mol. The largest absolute Gasteiger partial charge is 0.462 e. The van der Waals surface area contributed by atoms with Gasteiger partial charge in [-0.3, -0.25) is 14.4 Å². The highest BCUT2D eigenvalue weighted by atomic mass is 16.6. The SMILES string of the molecule is CCCCC/C=C/C/C=C/C/C=C/CCCCCCC(=O)O[C@H](COC(=O)CCCCCCCCC/C=C/CCCCCC)COC(=O)CCCCCCCCCCC/C=C/CCCCCCCC. The van der Waals surface area contributed by atoms with Crippen molar-refractivity contribution in [2.24, 2.45) is 0 Å². The molecule has 0 radical (unpaired) electrons. The Kier molecular flexibility index (Phi) is 55.3. The Hall–Kier alpha value is -2.89. The van der Waals surface area contributed by atoms with Crippen molar-refractivity contribution in [1.82, 2.24) is 0 Å². The Balaban J connectivity index is 4.40. The first-order valence-electron chi connectivity index (χ1n) is 29.8. The van der Waals surface area contributed by atoms with Gasteiger partial charge in [0.05, 0.1) is 0 Å². The average molecular weight is 966 g/mol. The zero-order valence-corrected chi connectivity index (χ0v) is 45.8. The van der Waals surface area contributed by atoms with Gasteiger partial charge >= 0.3 is 17.9 Å². The lowest BCUT2D eigenvalue weighted by Crippen LogP contribution is -2.30. The summed E-state index contributed by atoms with van der Waals surface area (Å²) in [7, 11) is 0. The molecular formula is C63H112O6. The predicted molar refractivity (Wildman–Crippen MR) is 298 cm³/mol. The van der Waals surface area contributed by atoms with Crippen molar-refractivity contribution in [3.05, 3.63) is 60.8 Å². The number of carbonyl (C=O) groups is 3. The maximum absolute atomic E-state index is 12.9. The summed E-state index contributed by atoms with van der Waals surface area (Å²) in [4.78, 5) is 38.2. The van der Waals surface area contributed by atoms with Crippen LogP contribution < -0.4 is 0 Å². The molecule has 0 aromatic heterocycles. The van der Waals surface area contributed by atoms with E-state index < -0.39 is 6.10 Å². The van der Waals surface area contributed by atoms with Gasteiger partial charge in [0.1, 0.15) is 13.2 Å². The highest BCUT2D eigenvalue weighted by molar-refractivity contribution is 5.71. The molecule has 0 N–H and O–H groups in total. The summed E-state index contributed by atoms with van der Waals surface area (Å²) in [5.74, 6) is -0.901. The zero-order chi connectivity index (χ0) is 50.0. The summed E-state index contributed by atoms with van der Waals surface area (Å²) in [5.41, 5.74) is 0. The van der Waals surface area contributed by atoms with Crippen molar-refractivity contribution in [2.45, 2.75) is 309 Å². The molecule has 69 heavy (non-hydrogen) atoms. The molecule has 0 rings (SSSR count). The van der Waals surface area contributed by atoms with E-state index in [9.17, 15) is 14.4 Å². The van der Waals surface area contributed by atoms with Crippen LogP contribution in [-0.4, -0.2) is 37.2 Å². The monoisotopic (exact) mass is 965 g/mol. The number of rotatable bonds is 54. The summed E-state index contributed by atoms with van der Waals surface area (Å²) < 4.78 is 16.9. The van der Waals surface area contributed by atoms with E-state index in [0.29, 0.717) is 19.3 Å². The summed E-state index contributed by atoms with van der Waals surface area (Å²) in [6.07, 6.45) is 72.1. The number of hydrogen-bond donors (Lipinski definition) is 0. The maximum atomic E-state index is 12.9. The topological polar surface area (TPSA) is 78.9 Å². The Morgan fingerprint density at radius 1 is 0.290 bits per heavy atom. The van der Waals surface area contributed by atoms with E-state index in [1.165, 1.54) is 180 Å². The summed E-state index contributed by atoms with van der Waals surface area (Å²) in [6.45, 7) is 6.60. The van der Waals surface area contributed by atoms with Crippen molar-refractivity contribution in [3.63, 3.8) is 0 Å². The lowest BCUT2D eigenvalue weighted by Gasteiger charge is -2.18. The van der Waals surface area contributed by atoms with Crippen molar-refractivity contribution in [2.75, 3.05) is 13.2 Å². The van der Waals surface area contributed by atoms with Crippen LogP contribution in [0, 0.1) is 0 Å². The first-order valence-corrected chi connectivity index (χ1v) is 29.8. The first kappa shape index (κ1) is 66.1. The molecule has 0 aliphatic carbocycles. The highest BCUT2D eigenvalue weighted by Gasteiger charge is 2.19. The third kappa shape index (κ3) is 55.9. The quantitative estimate of drug-likeness (QED) is 0.0262. The number of carbonyl (C=O) groups excluding carboxylic acids is 3. The zero-order valence-electron chi connectivity index (χ0n) is 45.8. The summed E-state index contributed by atoms with van der Waals surface area (Å²) >= 11 is 0. The number of unbranched alkanes of at least 4 members (excludes halogenated alkanes) is 33. The van der Waals surface area contributed by atoms with Gasteiger partial charge in [-0.15, -0.1) is 0 Å². The van der Waals surface area contributed by atoms with Crippen molar-refractivity contribution < 1.29 is 28.6 Å². The van der Waals surface area contributed by atoms with Gasteiger partial charge in [0.15, 0.2) is 6.10 Å². The van der Waals surface area contributed by atoms with E-state index in [4.69, 9.17) is 14.2 Å². The molecule has 0 aliphatic rings. The fourth-order valence-corrected chi connectivity index (χ4v) is 8.44. The Morgan fingerprint density at radius 2 is 0.522 bits per heavy atom. The molecule has 0 saturated carbocycles. The number of allylic oxidation sites excluding steroid dienone is 10. The smallest absolute Gasteiger partial charge is 0.306 e. The van der Waals surface area contributed by atoms with Crippen LogP contribution in [0.2, 0.25) is 0 Å². The fraction of sp³-hybridized carbons (Fsp3) is 0.794. The van der Waals surface area contributed by atoms with Crippen LogP contribution in [0.25, 0.3) is 0 Å². The van der Waals surface area contributed by atoms with Crippen molar-refractivity contribution >= 4 is 17.9 Å². The normalized spacial score (nSPS) is 12.4. The molecule has 1 atom stereocenters. The average Bonchev–Trinajstić information content (AvgIpc) is 3.35. The Morgan fingerprint density at radius 3 is 0.870 bits per heavy atom. The summed E-state index contributed by atoms with van der Waals surface area (Å²) in [5, 5.41) is 0. The third-order valence-electron chi connectivity index (χ3n) is 13.0. The summed E-state index contributed by atoms with van der Waals surface area (Å²) in [6, 6.07) is 0. The second-order valence-corrected chi connectivity index (χ2v) is 19.9. The van der Waals surface area contributed by atoms with E-state index in [-0.39, 0.29) is 31.1 Å². The van der Waals surface area contributed by atoms with E-state index in [1.807, 2.05) is 0 Å². The van der Waals surface area contributed by atoms with Crippen LogP contribution in [0.4, 0.5) is 0 Å². The molecule has 0 heterocycles. The molecule has 0 unspecified atom stereocenters. The predicted octanol–water partition coefficient (Wildman–Crippen LogP) is 20.0. The van der Waals surface area contributed by atoms with E-state index in [1.54, 1.807) is 0 Å². The molecule has 0 aromatic carbocycles. The molecule has 0 fully saturated rings. The van der Waals surface area contributed by atoms with Gasteiger partial charge in [0, 0.05) is 19.3 Å². The second-order valence-electron chi connectivity index (χ2n) is 19.9. The van der Waals surface area contributed by atoms with Gasteiger partial charge in [-0.25, -0.2) is 0 Å². The van der Waals surface area contributed by atoms with E-state index in [2.05, 4.69) is 81.5 Å². The van der Waals surface area contributed by atoms with Crippen molar-refractivity contribution in [3.8, 4) is 0 Å². The second kappa shape index (κ2) is 57.7. The van der Waals surface area contributed by atoms with Gasteiger partial charge in [0.25, 0.3) is 0 Å². The Labute approximate surface area is 428 Å². The van der Waals surface area contributed by atoms with Gasteiger partial charge in [-0.05, 0) is 109 Å². The molecule has 0 amide bonds. The molecule has 6 heteroatoms. The van der Waals surface area contributed by atoms with Gasteiger partial charge in [-0.1, -0.05) is 236 Å². The van der Waals surface area contributed by atoms with Crippen LogP contribution in [0.3, 0.4) is 0 Å². The molecule has 0 aliphatic heterocycles. The van der Waals surface area contributed by atoms with Crippen LogP contribution in [-0.2, 0) is 28.6 Å². The molecule has 0 aromatic rings. The van der Waals surface area contributed by atoms with Crippen LogP contribution in [0.15, 0.2) is 60.8 Å². The number of esters is 3. The lowest BCUT2D eigenvalue weighted by atomic mass is 10.1. The van der Waals surface area contributed by atoms with Crippen LogP contribution in [0.5, 0.6) is 0 Å². The number of ether oxygens (including phenoxy) is 3. The molecule has 0 saturated heterocycles. The van der Waals surface area contributed by atoms with Gasteiger partial charge in [0.2, 0.25) is 0 Å². The first-order chi connectivity index (χ1) is 34.0. The minimum Gasteiger partial charge on any atom is -0.462 e. The van der Waals surface area contributed by atoms with E-state index >= 15 is 0 Å². The standard InChI is InChI=1S/C63H112O6/c1-4-7-10-13-16-19-22-25-28-30-31-33-35-38-41-44-47-50-53-56-62(65)68-59-60(58-67-61(64)55-52-49-46-43-40-37-34-27-24-21-18-15-12-9-6-3)69-63(66)57-54-51-48-45-42-39-36-32-29-26-23-20-17-14-11-8-5-2/h17,20-21,24-26,28-29,36,39,60H,4-16,18-19,22-23,27,30-35,37-38,40-59H2,1-3H3/b20-17+,24-21+,28-25+,29-26+,39-36+/t60-/m1/s1. The Bertz CT molecular complexity index is 1250. The van der Waals surface area contributed by atoms with Crippen LogP contribution >= 0.6 is 0 Å². The minimum absolute atomic E-state index is 0.0845. The van der Waals surface area contributed by atoms with Gasteiger partial charge in [-0.2, -0.15) is 0 Å². The molecule has 400 valence electrons. The van der Waals surface area contributed by atoms with Crippen molar-refractivity contribution in [1.29, 1.82) is 0 Å². The maximum Gasteiger partial charge on any atom is 0.306 e. The minimum atomic E-state index is -0.788. The lowest BCUT2D eigenvalue weighted by molar-refractivity contribution is -0.167. The molecule has 6 nitrogen and oxygen atoms in total. The number of hydrogen-bond acceptors (Lipinski definition) is 6. The van der Waals surface area contributed by atoms with E-state index in [0.717, 1.165) is 83.5 Å². The molecule has 0 spiro atoms. The third-order valence-corrected chi connectivity index (χ3v) is 13.0.